The summed E-state index contributed by atoms with van der Waals surface area (Å²) in [6, 6.07) is 8.73. The highest BCUT2D eigenvalue weighted by molar-refractivity contribution is 7.89. The fourth-order valence-electron chi connectivity index (χ4n) is 2.63. The first-order valence-electron chi connectivity index (χ1n) is 9.20. The van der Waals surface area contributed by atoms with E-state index >= 15 is 0 Å². The van der Waals surface area contributed by atoms with Crippen LogP contribution in [0.3, 0.4) is 0 Å². The monoisotopic (exact) mass is 440 g/mol. The third-order valence-electron chi connectivity index (χ3n) is 4.06. The Labute approximate surface area is 176 Å². The molecule has 0 spiro atoms. The van der Waals surface area contributed by atoms with Crippen LogP contribution in [0.4, 0.5) is 0 Å². The predicted molar refractivity (Wildman–Crippen MR) is 112 cm³/mol. The Bertz CT molecular complexity index is 979. The van der Waals surface area contributed by atoms with Crippen LogP contribution < -0.4 is 19.9 Å². The molecule has 0 aliphatic rings. The van der Waals surface area contributed by atoms with Crippen LogP contribution in [0.2, 0.25) is 5.02 Å². The molecule has 7 nitrogen and oxygen atoms in total. The molecule has 0 saturated heterocycles. The zero-order chi connectivity index (χ0) is 21.6. The maximum Gasteiger partial charge on any atom is 0.251 e. The zero-order valence-electron chi connectivity index (χ0n) is 16.6. The van der Waals surface area contributed by atoms with Gasteiger partial charge in [-0.2, -0.15) is 0 Å². The molecule has 0 heterocycles. The highest BCUT2D eigenvalue weighted by Crippen LogP contribution is 2.37. The topological polar surface area (TPSA) is 108 Å². The van der Waals surface area contributed by atoms with Gasteiger partial charge in [0.05, 0.1) is 29.2 Å². The molecule has 0 aromatic heterocycles. The second kappa shape index (κ2) is 9.96. The summed E-state index contributed by atoms with van der Waals surface area (Å²) in [5, 5.41) is 8.27. The van der Waals surface area contributed by atoms with E-state index in [1.165, 1.54) is 18.2 Å². The Morgan fingerprint density at radius 1 is 1.21 bits per heavy atom. The molecule has 29 heavy (non-hydrogen) atoms. The summed E-state index contributed by atoms with van der Waals surface area (Å²) in [4.78, 5) is 12.7. The molecule has 1 amide bonds. The average Bonchev–Trinajstić information content (AvgIpc) is 2.66. The van der Waals surface area contributed by atoms with Gasteiger partial charge < -0.3 is 14.8 Å². The number of ether oxygens (including phenoxy) is 2. The number of nitrogens with one attached hydrogen (secondary N) is 1. The van der Waals surface area contributed by atoms with Gasteiger partial charge in [0.2, 0.25) is 10.0 Å². The Balaban J connectivity index is 2.26. The van der Waals surface area contributed by atoms with Crippen LogP contribution in [0.25, 0.3) is 0 Å². The van der Waals surface area contributed by atoms with E-state index in [9.17, 15) is 13.2 Å². The average molecular weight is 441 g/mol. The molecule has 9 heteroatoms. The molecule has 0 aliphatic carbocycles. The standard InChI is InChI=1S/C20H25ClN2O5S/c1-4-9-28-19-17(21)11-15(12-18(19)27-5-2)20(24)23-13(3)14-7-6-8-16(10-14)29(22,25)26/h6-8,10-13H,4-5,9H2,1-3H3,(H,23,24)(H2,22,25,26). The number of carbonyl (C=O) groups is 1. The van der Waals surface area contributed by atoms with E-state index in [4.69, 9.17) is 26.2 Å². The van der Waals surface area contributed by atoms with E-state index in [0.717, 1.165) is 6.42 Å². The van der Waals surface area contributed by atoms with Crippen molar-refractivity contribution < 1.29 is 22.7 Å². The van der Waals surface area contributed by atoms with Gasteiger partial charge >= 0.3 is 0 Å². The van der Waals surface area contributed by atoms with Crippen molar-refractivity contribution in [1.29, 1.82) is 0 Å². The van der Waals surface area contributed by atoms with Crippen LogP contribution in [0.15, 0.2) is 41.3 Å². The Kier molecular flexibility index (Phi) is 7.89. The smallest absolute Gasteiger partial charge is 0.251 e. The third-order valence-corrected chi connectivity index (χ3v) is 5.25. The summed E-state index contributed by atoms with van der Waals surface area (Å²) in [7, 11) is -3.83. The second-order valence-corrected chi connectivity index (χ2v) is 8.35. The van der Waals surface area contributed by atoms with Gasteiger partial charge in [-0.3, -0.25) is 4.79 Å². The second-order valence-electron chi connectivity index (χ2n) is 6.38. The lowest BCUT2D eigenvalue weighted by molar-refractivity contribution is 0.0939. The van der Waals surface area contributed by atoms with Crippen molar-refractivity contribution >= 4 is 27.5 Å². The quantitative estimate of drug-likeness (QED) is 0.618. The maximum atomic E-state index is 12.7. The van der Waals surface area contributed by atoms with Crippen LogP contribution in [0.1, 0.15) is 49.2 Å². The molecule has 0 saturated carbocycles. The van der Waals surface area contributed by atoms with E-state index in [2.05, 4.69) is 5.32 Å². The summed E-state index contributed by atoms with van der Waals surface area (Å²) in [6.07, 6.45) is 0.805. The Morgan fingerprint density at radius 2 is 1.93 bits per heavy atom. The van der Waals surface area contributed by atoms with Crippen molar-refractivity contribution in [1.82, 2.24) is 5.32 Å². The zero-order valence-corrected chi connectivity index (χ0v) is 18.1. The summed E-state index contributed by atoms with van der Waals surface area (Å²) in [5.74, 6) is 0.409. The number of nitrogens with two attached hydrogens (primary N) is 1. The molecule has 0 bridgehead atoms. The molecule has 1 unspecified atom stereocenters. The SMILES string of the molecule is CCCOc1c(Cl)cc(C(=O)NC(C)c2cccc(S(N)(=O)=O)c2)cc1OCC. The predicted octanol–water partition coefficient (Wildman–Crippen LogP) is 3.67. The van der Waals surface area contributed by atoms with Crippen molar-refractivity contribution in [2.45, 2.75) is 38.1 Å². The number of primary sulfonamides is 1. The minimum Gasteiger partial charge on any atom is -0.490 e. The van der Waals surface area contributed by atoms with Crippen LogP contribution in [0, 0.1) is 0 Å². The molecule has 0 fully saturated rings. The number of amides is 1. The number of sulfonamides is 1. The fourth-order valence-corrected chi connectivity index (χ4v) is 3.46. The van der Waals surface area contributed by atoms with Gasteiger partial charge in [0, 0.05) is 5.56 Å². The van der Waals surface area contributed by atoms with Crippen LogP contribution in [0.5, 0.6) is 11.5 Å². The summed E-state index contributed by atoms with van der Waals surface area (Å²) >= 11 is 6.31. The highest BCUT2D eigenvalue weighted by atomic mass is 35.5. The van der Waals surface area contributed by atoms with Crippen LogP contribution in [-0.2, 0) is 10.0 Å². The number of hydrogen-bond acceptors (Lipinski definition) is 5. The Hall–Kier alpha value is -2.29. The van der Waals surface area contributed by atoms with Gasteiger partial charge in [-0.15, -0.1) is 0 Å². The van der Waals surface area contributed by atoms with Crippen LogP contribution in [-0.4, -0.2) is 27.5 Å². The van der Waals surface area contributed by atoms with Gasteiger partial charge in [0.25, 0.3) is 5.91 Å². The van der Waals surface area contributed by atoms with Gasteiger partial charge in [-0.05, 0) is 50.1 Å². The summed E-state index contributed by atoms with van der Waals surface area (Å²) < 4.78 is 34.3. The van der Waals surface area contributed by atoms with E-state index in [-0.39, 0.29) is 15.8 Å². The number of rotatable bonds is 9. The molecule has 2 rings (SSSR count). The minimum absolute atomic E-state index is 0.0183. The molecule has 0 aliphatic heterocycles. The number of halogens is 1. The molecule has 0 radical (unpaired) electrons. The molecule has 2 aromatic rings. The van der Waals surface area contributed by atoms with Crippen molar-refractivity contribution in [2.75, 3.05) is 13.2 Å². The van der Waals surface area contributed by atoms with Crippen molar-refractivity contribution in [3.63, 3.8) is 0 Å². The summed E-state index contributed by atoms with van der Waals surface area (Å²) in [6.45, 7) is 6.40. The first-order valence-corrected chi connectivity index (χ1v) is 11.1. The lowest BCUT2D eigenvalue weighted by Gasteiger charge is -2.17. The summed E-state index contributed by atoms with van der Waals surface area (Å²) in [5.41, 5.74) is 0.903. The van der Waals surface area contributed by atoms with E-state index < -0.39 is 16.1 Å². The van der Waals surface area contributed by atoms with Crippen LogP contribution >= 0.6 is 11.6 Å². The fraction of sp³-hybridized carbons (Fsp3) is 0.350. The third kappa shape index (κ3) is 6.09. The molecule has 3 N–H and O–H groups in total. The van der Waals surface area contributed by atoms with E-state index in [0.29, 0.717) is 35.8 Å². The van der Waals surface area contributed by atoms with E-state index in [1.54, 1.807) is 25.1 Å². The van der Waals surface area contributed by atoms with Gasteiger partial charge in [0.15, 0.2) is 11.5 Å². The van der Waals surface area contributed by atoms with Gasteiger partial charge in [-0.1, -0.05) is 30.7 Å². The molecule has 2 aromatic carbocycles. The first-order chi connectivity index (χ1) is 13.7. The van der Waals surface area contributed by atoms with E-state index in [1.807, 2.05) is 13.8 Å². The maximum absolute atomic E-state index is 12.7. The van der Waals surface area contributed by atoms with Gasteiger partial charge in [-0.25, -0.2) is 13.6 Å². The minimum atomic E-state index is -3.83. The van der Waals surface area contributed by atoms with Gasteiger partial charge in [0.1, 0.15) is 0 Å². The normalized spacial score (nSPS) is 12.3. The first kappa shape index (κ1) is 23.0. The lowest BCUT2D eigenvalue weighted by atomic mass is 10.1. The molecule has 158 valence electrons. The number of hydrogen-bond donors (Lipinski definition) is 2. The highest BCUT2D eigenvalue weighted by Gasteiger charge is 2.19. The Morgan fingerprint density at radius 3 is 2.55 bits per heavy atom. The lowest BCUT2D eigenvalue weighted by Crippen LogP contribution is -2.27. The molecular weight excluding hydrogens is 416 g/mol. The largest absolute Gasteiger partial charge is 0.490 e. The number of carbonyl (C=O) groups excluding carboxylic acids is 1. The van der Waals surface area contributed by atoms with Crippen molar-refractivity contribution in [3.05, 3.63) is 52.5 Å². The van der Waals surface area contributed by atoms with Crippen molar-refractivity contribution in [2.24, 2.45) is 5.14 Å². The molecular formula is C20H25ClN2O5S. The number of benzene rings is 2. The molecule has 1 atom stereocenters. The van der Waals surface area contributed by atoms with Crippen molar-refractivity contribution in [3.8, 4) is 11.5 Å².